The Kier molecular flexibility index (Phi) is 3.86. The van der Waals surface area contributed by atoms with E-state index in [0.717, 1.165) is 0 Å². The van der Waals surface area contributed by atoms with Crippen LogP contribution >= 0.6 is 0 Å². The maximum atomic E-state index is 11.7. The van der Waals surface area contributed by atoms with Crippen molar-refractivity contribution in [1.82, 2.24) is 0 Å². The minimum atomic E-state index is -1.35. The third-order valence-corrected chi connectivity index (χ3v) is 2.56. The second kappa shape index (κ2) is 5.57. The molecule has 1 amide bonds. The van der Waals surface area contributed by atoms with Crippen molar-refractivity contribution in [3.05, 3.63) is 18.2 Å². The molecule has 0 unspecified atom stereocenters. The number of aliphatic hydroxyl groups excluding tert-OH is 1. The van der Waals surface area contributed by atoms with Crippen molar-refractivity contribution in [2.45, 2.75) is 0 Å². The monoisotopic (exact) mass is 266 g/mol. The highest BCUT2D eigenvalue weighted by Gasteiger charge is 2.27. The first-order valence-electron chi connectivity index (χ1n) is 5.63. The Morgan fingerprint density at radius 3 is 3.00 bits per heavy atom. The van der Waals surface area contributed by atoms with Crippen LogP contribution in [0.15, 0.2) is 18.2 Å². The van der Waals surface area contributed by atoms with E-state index in [4.69, 9.17) is 14.6 Å². The third-order valence-electron chi connectivity index (χ3n) is 2.56. The predicted octanol–water partition coefficient (Wildman–Crippen LogP) is -1.47. The first-order chi connectivity index (χ1) is 9.13. The molecular weight excluding hydrogens is 254 g/mol. The number of anilines is 1. The number of aliphatic carboxylic acids is 1. The van der Waals surface area contributed by atoms with Gasteiger partial charge in [-0.25, -0.2) is 0 Å². The quantitative estimate of drug-likeness (QED) is 0.698. The van der Waals surface area contributed by atoms with Gasteiger partial charge in [0.15, 0.2) is 18.1 Å². The van der Waals surface area contributed by atoms with Crippen LogP contribution in [0.4, 0.5) is 5.69 Å². The van der Waals surface area contributed by atoms with Gasteiger partial charge in [0.2, 0.25) is 0 Å². The van der Waals surface area contributed by atoms with Crippen molar-refractivity contribution in [3.63, 3.8) is 0 Å². The van der Waals surface area contributed by atoms with Crippen molar-refractivity contribution in [3.8, 4) is 11.5 Å². The molecule has 0 aromatic heterocycles. The van der Waals surface area contributed by atoms with Gasteiger partial charge in [-0.15, -0.1) is 0 Å². The fourth-order valence-corrected chi connectivity index (χ4v) is 1.80. The van der Waals surface area contributed by atoms with Gasteiger partial charge < -0.3 is 29.4 Å². The number of amides is 1. The molecule has 0 saturated heterocycles. The van der Waals surface area contributed by atoms with Gasteiger partial charge in [-0.1, -0.05) is 6.07 Å². The Hall–Kier alpha value is -2.28. The molecule has 1 aromatic carbocycles. The Bertz CT molecular complexity index is 501. The minimum Gasteiger partial charge on any atom is -0.546 e. The maximum Gasteiger partial charge on any atom is 0.265 e. The summed E-state index contributed by atoms with van der Waals surface area (Å²) in [7, 11) is 0. The molecule has 0 bridgehead atoms. The standard InChI is InChI=1S/C12H13NO6/c14-5-4-13-8-2-1-3-9(18-7-11(16)17)12(8)19-6-10(13)15/h1-3,14H,4-7H2,(H,16,17)/p-1. The van der Waals surface area contributed by atoms with Gasteiger partial charge in [-0.3, -0.25) is 4.79 Å². The van der Waals surface area contributed by atoms with Crippen LogP contribution in [0, 0.1) is 0 Å². The van der Waals surface area contributed by atoms with E-state index in [2.05, 4.69) is 0 Å². The number of rotatable bonds is 5. The molecule has 1 aliphatic heterocycles. The molecule has 1 aliphatic rings. The summed E-state index contributed by atoms with van der Waals surface area (Å²) >= 11 is 0. The number of carbonyl (C=O) groups excluding carboxylic acids is 2. The Labute approximate surface area is 109 Å². The van der Waals surface area contributed by atoms with E-state index < -0.39 is 12.6 Å². The number of aliphatic hydroxyl groups is 1. The molecule has 0 aliphatic carbocycles. The maximum absolute atomic E-state index is 11.7. The first kappa shape index (κ1) is 13.2. The molecule has 1 aromatic rings. The molecule has 0 spiro atoms. The summed E-state index contributed by atoms with van der Waals surface area (Å²) in [5.74, 6) is -1.12. The lowest BCUT2D eigenvalue weighted by Crippen LogP contribution is -2.40. The van der Waals surface area contributed by atoms with Crippen LogP contribution in [0.25, 0.3) is 0 Å². The first-order valence-corrected chi connectivity index (χ1v) is 5.63. The van der Waals surface area contributed by atoms with E-state index in [1.807, 2.05) is 0 Å². The summed E-state index contributed by atoms with van der Waals surface area (Å²) in [5.41, 5.74) is 0.446. The summed E-state index contributed by atoms with van der Waals surface area (Å²) in [4.78, 5) is 23.4. The Balaban J connectivity index is 2.30. The molecular formula is C12H12NO6-. The summed E-state index contributed by atoms with van der Waals surface area (Å²) < 4.78 is 10.3. The highest BCUT2D eigenvalue weighted by atomic mass is 16.5. The van der Waals surface area contributed by atoms with E-state index in [-0.39, 0.29) is 37.2 Å². The number of carboxylic acids is 1. The molecule has 0 saturated carbocycles. The van der Waals surface area contributed by atoms with Gasteiger partial charge in [0, 0.05) is 6.54 Å². The summed E-state index contributed by atoms with van der Waals surface area (Å²) in [5, 5.41) is 19.3. The number of fused-ring (bicyclic) bond motifs is 1. The highest BCUT2D eigenvalue weighted by molar-refractivity contribution is 5.98. The van der Waals surface area contributed by atoms with Crippen molar-refractivity contribution in [2.75, 3.05) is 31.3 Å². The molecule has 7 nitrogen and oxygen atoms in total. The van der Waals surface area contributed by atoms with E-state index in [0.29, 0.717) is 5.69 Å². The van der Waals surface area contributed by atoms with Crippen LogP contribution in [-0.4, -0.2) is 43.3 Å². The largest absolute Gasteiger partial charge is 0.546 e. The lowest BCUT2D eigenvalue weighted by molar-refractivity contribution is -0.307. The van der Waals surface area contributed by atoms with E-state index >= 15 is 0 Å². The minimum absolute atomic E-state index is 0.138. The number of carbonyl (C=O) groups is 2. The molecule has 1 heterocycles. The predicted molar refractivity (Wildman–Crippen MR) is 61.9 cm³/mol. The van der Waals surface area contributed by atoms with Gasteiger partial charge in [-0.2, -0.15) is 0 Å². The van der Waals surface area contributed by atoms with Crippen molar-refractivity contribution < 1.29 is 29.3 Å². The number of carboxylic acid groups (broad SMARTS) is 1. The van der Waals surface area contributed by atoms with E-state index in [9.17, 15) is 14.7 Å². The SMILES string of the molecule is O=C([O-])COc1cccc2c1OCC(=O)N2CCO. The Morgan fingerprint density at radius 1 is 1.53 bits per heavy atom. The van der Waals surface area contributed by atoms with Crippen LogP contribution in [0.5, 0.6) is 11.5 Å². The zero-order chi connectivity index (χ0) is 13.8. The highest BCUT2D eigenvalue weighted by Crippen LogP contribution is 2.39. The number of benzene rings is 1. The van der Waals surface area contributed by atoms with E-state index in [1.165, 1.54) is 11.0 Å². The molecule has 2 rings (SSSR count). The van der Waals surface area contributed by atoms with Gasteiger partial charge in [0.05, 0.1) is 18.3 Å². The number of hydrogen-bond acceptors (Lipinski definition) is 6. The molecule has 0 fully saturated rings. The third kappa shape index (κ3) is 2.76. The van der Waals surface area contributed by atoms with Crippen LogP contribution in [0.1, 0.15) is 0 Å². The molecule has 0 radical (unpaired) electrons. The number of ether oxygens (including phenoxy) is 2. The number of para-hydroxylation sites is 1. The number of β-amino-alcohol motifs (C(OH)–C–C–N with tert-alkyl or cyclic N) is 1. The van der Waals surface area contributed by atoms with Crippen molar-refractivity contribution >= 4 is 17.6 Å². The van der Waals surface area contributed by atoms with Gasteiger partial charge in [0.25, 0.3) is 5.91 Å². The van der Waals surface area contributed by atoms with Gasteiger partial charge in [-0.05, 0) is 12.1 Å². The molecule has 102 valence electrons. The average molecular weight is 266 g/mol. The van der Waals surface area contributed by atoms with E-state index in [1.54, 1.807) is 12.1 Å². The normalized spacial score (nSPS) is 13.7. The smallest absolute Gasteiger partial charge is 0.265 e. The summed E-state index contributed by atoms with van der Waals surface area (Å²) in [6, 6.07) is 4.78. The lowest BCUT2D eigenvalue weighted by atomic mass is 10.2. The number of hydrogen-bond donors (Lipinski definition) is 1. The van der Waals surface area contributed by atoms with Gasteiger partial charge >= 0.3 is 0 Å². The summed E-state index contributed by atoms with van der Waals surface area (Å²) in [6.45, 7) is -0.832. The van der Waals surface area contributed by atoms with Crippen LogP contribution in [0.2, 0.25) is 0 Å². The fourth-order valence-electron chi connectivity index (χ4n) is 1.80. The zero-order valence-corrected chi connectivity index (χ0v) is 10.00. The van der Waals surface area contributed by atoms with Crippen molar-refractivity contribution in [1.29, 1.82) is 0 Å². The van der Waals surface area contributed by atoms with Crippen molar-refractivity contribution in [2.24, 2.45) is 0 Å². The molecule has 1 N–H and O–H groups in total. The van der Waals surface area contributed by atoms with Crippen LogP contribution in [0.3, 0.4) is 0 Å². The second-order valence-electron chi connectivity index (χ2n) is 3.82. The Morgan fingerprint density at radius 2 is 2.32 bits per heavy atom. The van der Waals surface area contributed by atoms with Gasteiger partial charge in [0.1, 0.15) is 6.61 Å². The van der Waals surface area contributed by atoms with Crippen LogP contribution < -0.4 is 19.5 Å². The molecule has 19 heavy (non-hydrogen) atoms. The second-order valence-corrected chi connectivity index (χ2v) is 3.82. The average Bonchev–Trinajstić information content (AvgIpc) is 2.39. The topological polar surface area (TPSA) is 99.1 Å². The summed E-state index contributed by atoms with van der Waals surface area (Å²) in [6.07, 6.45) is 0. The zero-order valence-electron chi connectivity index (χ0n) is 10.00. The molecule has 7 heteroatoms. The molecule has 0 atom stereocenters. The van der Waals surface area contributed by atoms with Crippen LogP contribution in [-0.2, 0) is 9.59 Å². The number of nitrogens with zero attached hydrogens (tertiary/aromatic N) is 1. The fraction of sp³-hybridized carbons (Fsp3) is 0.333. The lowest BCUT2D eigenvalue weighted by Gasteiger charge is -2.29.